The van der Waals surface area contributed by atoms with Crippen molar-refractivity contribution in [2.75, 3.05) is 13.1 Å². The highest BCUT2D eigenvalue weighted by Gasteiger charge is 2.22. The molecule has 1 amide bonds. The highest BCUT2D eigenvalue weighted by Crippen LogP contribution is 2.18. The summed E-state index contributed by atoms with van der Waals surface area (Å²) in [6.07, 6.45) is 0. The molecule has 0 aromatic heterocycles. The van der Waals surface area contributed by atoms with Gasteiger partial charge in [-0.3, -0.25) is 19.7 Å². The molecule has 114 valence electrons. The van der Waals surface area contributed by atoms with E-state index in [1.807, 2.05) is 0 Å². The van der Waals surface area contributed by atoms with Gasteiger partial charge in [0.2, 0.25) is 0 Å². The van der Waals surface area contributed by atoms with E-state index < -0.39 is 34.8 Å². The van der Waals surface area contributed by atoms with E-state index in [0.29, 0.717) is 6.07 Å². The van der Waals surface area contributed by atoms with Gasteiger partial charge in [-0.15, -0.1) is 0 Å². The predicted octanol–water partition coefficient (Wildman–Crippen LogP) is 1.92. The first-order valence-corrected chi connectivity index (χ1v) is 6.16. The molecule has 1 aromatic carbocycles. The molecule has 1 rings (SSSR count). The Hall–Kier alpha value is -2.51. The Morgan fingerprint density at radius 1 is 1.38 bits per heavy atom. The number of nitrogens with zero attached hydrogens (tertiary/aromatic N) is 2. The Morgan fingerprint density at radius 3 is 2.48 bits per heavy atom. The smallest absolute Gasteiger partial charge is 0.323 e. The summed E-state index contributed by atoms with van der Waals surface area (Å²) in [4.78, 5) is 33.9. The third kappa shape index (κ3) is 4.83. The Kier molecular flexibility index (Phi) is 5.34. The number of halogens is 1. The third-order valence-electron chi connectivity index (χ3n) is 2.54. The first kappa shape index (κ1) is 16.5. The van der Waals surface area contributed by atoms with Gasteiger partial charge in [-0.25, -0.2) is 4.39 Å². The number of carbonyl (C=O) groups is 2. The maximum absolute atomic E-state index is 13.3. The molecule has 0 spiro atoms. The largest absolute Gasteiger partial charge is 0.480 e. The molecular formula is C13H15FN2O5. The highest BCUT2D eigenvalue weighted by atomic mass is 19.1. The van der Waals surface area contributed by atoms with Crippen molar-refractivity contribution in [2.45, 2.75) is 13.8 Å². The molecule has 0 aliphatic heterocycles. The second kappa shape index (κ2) is 6.78. The topological polar surface area (TPSA) is 101 Å². The number of non-ortho nitro benzene ring substituents is 1. The summed E-state index contributed by atoms with van der Waals surface area (Å²) in [6, 6.07) is 2.48. The van der Waals surface area contributed by atoms with E-state index in [0.717, 1.165) is 17.0 Å². The van der Waals surface area contributed by atoms with Crippen LogP contribution in [0.15, 0.2) is 18.2 Å². The minimum atomic E-state index is -1.21. The first-order valence-electron chi connectivity index (χ1n) is 6.16. The quantitative estimate of drug-likeness (QED) is 0.638. The summed E-state index contributed by atoms with van der Waals surface area (Å²) < 4.78 is 13.3. The van der Waals surface area contributed by atoms with Gasteiger partial charge in [-0.2, -0.15) is 0 Å². The van der Waals surface area contributed by atoms with Gasteiger partial charge in [0.05, 0.1) is 11.0 Å². The lowest BCUT2D eigenvalue weighted by Gasteiger charge is -2.22. The first-order chi connectivity index (χ1) is 9.70. The van der Waals surface area contributed by atoms with Crippen molar-refractivity contribution in [3.05, 3.63) is 39.7 Å². The van der Waals surface area contributed by atoms with Crippen molar-refractivity contribution in [1.82, 2.24) is 4.90 Å². The van der Waals surface area contributed by atoms with E-state index in [1.54, 1.807) is 13.8 Å². The summed E-state index contributed by atoms with van der Waals surface area (Å²) >= 11 is 0. The molecule has 0 saturated heterocycles. The van der Waals surface area contributed by atoms with Crippen molar-refractivity contribution < 1.29 is 24.0 Å². The molecule has 0 radical (unpaired) electrons. The Labute approximate surface area is 120 Å². The van der Waals surface area contributed by atoms with Gasteiger partial charge >= 0.3 is 5.97 Å². The number of aliphatic carboxylic acids is 1. The minimum Gasteiger partial charge on any atom is -0.480 e. The Morgan fingerprint density at radius 2 is 2.00 bits per heavy atom. The van der Waals surface area contributed by atoms with Gasteiger partial charge in [0.1, 0.15) is 12.4 Å². The Bertz CT molecular complexity index is 574. The maximum Gasteiger partial charge on any atom is 0.323 e. The lowest BCUT2D eigenvalue weighted by Crippen LogP contribution is -2.38. The number of carboxylic acid groups (broad SMARTS) is 1. The summed E-state index contributed by atoms with van der Waals surface area (Å²) in [6.45, 7) is 3.17. The molecule has 1 aromatic rings. The molecule has 0 atom stereocenters. The van der Waals surface area contributed by atoms with Gasteiger partial charge in [0, 0.05) is 18.2 Å². The number of carbonyl (C=O) groups excluding carboxylic acids is 1. The van der Waals surface area contributed by atoms with E-state index in [4.69, 9.17) is 5.11 Å². The SMILES string of the molecule is CC(C)CN(CC(=O)O)C(=O)c1cc(F)cc([N+](=O)[O-])c1. The van der Waals surface area contributed by atoms with Crippen molar-refractivity contribution >= 4 is 17.6 Å². The fourth-order valence-corrected chi connectivity index (χ4v) is 1.81. The van der Waals surface area contributed by atoms with Crippen LogP contribution in [0, 0.1) is 21.8 Å². The number of carboxylic acids is 1. The third-order valence-corrected chi connectivity index (χ3v) is 2.54. The van der Waals surface area contributed by atoms with Crippen LogP contribution >= 0.6 is 0 Å². The zero-order chi connectivity index (χ0) is 16.2. The van der Waals surface area contributed by atoms with Crippen LogP contribution in [-0.4, -0.2) is 39.9 Å². The van der Waals surface area contributed by atoms with E-state index in [1.165, 1.54) is 0 Å². The van der Waals surface area contributed by atoms with E-state index in [9.17, 15) is 24.1 Å². The van der Waals surface area contributed by atoms with Crippen molar-refractivity contribution in [1.29, 1.82) is 0 Å². The second-order valence-corrected chi connectivity index (χ2v) is 4.93. The number of rotatable bonds is 6. The maximum atomic E-state index is 13.3. The molecule has 7 nitrogen and oxygen atoms in total. The molecule has 0 aliphatic rings. The number of nitro benzene ring substituents is 1. The van der Waals surface area contributed by atoms with Crippen molar-refractivity contribution in [2.24, 2.45) is 5.92 Å². The van der Waals surface area contributed by atoms with Crippen LogP contribution in [0.25, 0.3) is 0 Å². The number of hydrogen-bond donors (Lipinski definition) is 1. The van der Waals surface area contributed by atoms with Crippen molar-refractivity contribution in [3.63, 3.8) is 0 Å². The zero-order valence-corrected chi connectivity index (χ0v) is 11.6. The van der Waals surface area contributed by atoms with Crippen LogP contribution in [0.4, 0.5) is 10.1 Å². The van der Waals surface area contributed by atoms with E-state index in [-0.39, 0.29) is 18.0 Å². The predicted molar refractivity (Wildman–Crippen MR) is 71.4 cm³/mol. The van der Waals surface area contributed by atoms with Crippen LogP contribution in [0.2, 0.25) is 0 Å². The summed E-state index contributed by atoms with van der Waals surface area (Å²) in [7, 11) is 0. The second-order valence-electron chi connectivity index (χ2n) is 4.93. The average Bonchev–Trinajstić information content (AvgIpc) is 2.35. The van der Waals surface area contributed by atoms with Gasteiger partial charge in [-0.1, -0.05) is 13.8 Å². The fourth-order valence-electron chi connectivity index (χ4n) is 1.81. The molecule has 0 saturated carbocycles. The molecule has 0 aliphatic carbocycles. The highest BCUT2D eigenvalue weighted by molar-refractivity contribution is 5.96. The van der Waals surface area contributed by atoms with Crippen molar-refractivity contribution in [3.8, 4) is 0 Å². The van der Waals surface area contributed by atoms with Gasteiger partial charge in [0.25, 0.3) is 11.6 Å². The summed E-state index contributed by atoms with van der Waals surface area (Å²) in [5.74, 6) is -2.90. The molecule has 0 heterocycles. The van der Waals surface area contributed by atoms with Crippen LogP contribution < -0.4 is 0 Å². The van der Waals surface area contributed by atoms with Gasteiger partial charge < -0.3 is 10.0 Å². The van der Waals surface area contributed by atoms with Crippen LogP contribution in [0.5, 0.6) is 0 Å². The molecule has 0 unspecified atom stereocenters. The van der Waals surface area contributed by atoms with Crippen LogP contribution in [0.1, 0.15) is 24.2 Å². The Balaban J connectivity index is 3.13. The summed E-state index contributed by atoms with van der Waals surface area (Å²) in [5.41, 5.74) is -0.804. The van der Waals surface area contributed by atoms with Gasteiger partial charge in [-0.05, 0) is 12.0 Å². The van der Waals surface area contributed by atoms with Gasteiger partial charge in [0.15, 0.2) is 0 Å². The number of hydrogen-bond acceptors (Lipinski definition) is 4. The summed E-state index contributed by atoms with van der Waals surface area (Å²) in [5, 5.41) is 19.5. The van der Waals surface area contributed by atoms with Crippen LogP contribution in [-0.2, 0) is 4.79 Å². The standard InChI is InChI=1S/C13H15FN2O5/c1-8(2)6-15(7-12(17)18)13(19)9-3-10(14)5-11(4-9)16(20)21/h3-5,8H,6-7H2,1-2H3,(H,17,18). The molecule has 8 heteroatoms. The van der Waals surface area contributed by atoms with E-state index >= 15 is 0 Å². The monoisotopic (exact) mass is 298 g/mol. The number of benzene rings is 1. The zero-order valence-electron chi connectivity index (χ0n) is 11.6. The molecule has 1 N–H and O–H groups in total. The molecule has 21 heavy (non-hydrogen) atoms. The average molecular weight is 298 g/mol. The van der Waals surface area contributed by atoms with Crippen LogP contribution in [0.3, 0.4) is 0 Å². The van der Waals surface area contributed by atoms with E-state index in [2.05, 4.69) is 0 Å². The lowest BCUT2D eigenvalue weighted by molar-refractivity contribution is -0.385. The number of amides is 1. The minimum absolute atomic E-state index is 0.00292. The fraction of sp³-hybridized carbons (Fsp3) is 0.385. The molecular weight excluding hydrogens is 283 g/mol. The molecule has 0 fully saturated rings. The normalized spacial score (nSPS) is 10.5. The number of nitro groups is 1. The lowest BCUT2D eigenvalue weighted by atomic mass is 10.1. The molecule has 0 bridgehead atoms.